The first-order chi connectivity index (χ1) is 6.18. The molecule has 0 bridgehead atoms. The summed E-state index contributed by atoms with van der Waals surface area (Å²) in [5, 5.41) is 4.19. The predicted octanol–water partition coefficient (Wildman–Crippen LogP) is 1.91. The van der Waals surface area contributed by atoms with Gasteiger partial charge in [0.2, 0.25) is 0 Å². The van der Waals surface area contributed by atoms with Gasteiger partial charge in [0, 0.05) is 6.20 Å². The van der Waals surface area contributed by atoms with Crippen LogP contribution in [0.25, 0.3) is 0 Å². The van der Waals surface area contributed by atoms with Gasteiger partial charge in [-0.15, -0.1) is 0 Å². The highest BCUT2D eigenvalue weighted by molar-refractivity contribution is 5.61. The van der Waals surface area contributed by atoms with Crippen LogP contribution in [-0.2, 0) is 10.3 Å². The smallest absolute Gasteiger partial charge is 0.147 e. The average Bonchev–Trinajstić information content (AvgIpc) is 2.57. The maximum Gasteiger partial charge on any atom is 0.147 e. The summed E-state index contributed by atoms with van der Waals surface area (Å²) in [6.45, 7) is 5.99. The fourth-order valence-electron chi connectivity index (χ4n) is 1.45. The van der Waals surface area contributed by atoms with Gasteiger partial charge in [-0.05, 0) is 25.3 Å². The normalized spacial score (nSPS) is 11.6. The maximum absolute atomic E-state index is 11.0. The predicted molar refractivity (Wildman–Crippen MR) is 51.6 cm³/mol. The molecule has 0 spiro atoms. The van der Waals surface area contributed by atoms with Gasteiger partial charge in [0.1, 0.15) is 11.8 Å². The quantitative estimate of drug-likeness (QED) is 0.663. The lowest BCUT2D eigenvalue weighted by Crippen LogP contribution is -2.34. The highest BCUT2D eigenvalue weighted by atomic mass is 16.1. The molecule has 3 heteroatoms. The molecular weight excluding hydrogens is 164 g/mol. The molecule has 0 aromatic carbocycles. The van der Waals surface area contributed by atoms with Crippen LogP contribution in [0.2, 0.25) is 0 Å². The summed E-state index contributed by atoms with van der Waals surface area (Å²) in [7, 11) is 0. The van der Waals surface area contributed by atoms with Crippen molar-refractivity contribution in [1.82, 2.24) is 9.78 Å². The zero-order chi connectivity index (χ0) is 9.90. The SMILES string of the molecule is CCC(C=O)(CC)n1cc(C)cn1. The molecule has 0 aliphatic rings. The molecule has 0 atom stereocenters. The summed E-state index contributed by atoms with van der Waals surface area (Å²) in [6.07, 6.45) is 6.27. The molecule has 0 fully saturated rings. The average molecular weight is 180 g/mol. The molecule has 0 radical (unpaired) electrons. The molecule has 1 heterocycles. The minimum atomic E-state index is -0.436. The van der Waals surface area contributed by atoms with Crippen LogP contribution in [0.3, 0.4) is 0 Å². The number of aldehydes is 1. The molecule has 0 aliphatic heterocycles. The van der Waals surface area contributed by atoms with Crippen molar-refractivity contribution in [3.63, 3.8) is 0 Å². The van der Waals surface area contributed by atoms with E-state index < -0.39 is 5.54 Å². The third-order valence-electron chi connectivity index (χ3n) is 2.61. The Morgan fingerprint density at radius 3 is 2.46 bits per heavy atom. The minimum Gasteiger partial charge on any atom is -0.301 e. The van der Waals surface area contributed by atoms with Crippen molar-refractivity contribution in [3.8, 4) is 0 Å². The Bertz CT molecular complexity index is 287. The van der Waals surface area contributed by atoms with Crippen molar-refractivity contribution in [2.45, 2.75) is 39.2 Å². The highest BCUT2D eigenvalue weighted by Gasteiger charge is 2.28. The molecule has 13 heavy (non-hydrogen) atoms. The number of rotatable bonds is 4. The van der Waals surface area contributed by atoms with E-state index in [1.807, 2.05) is 27.0 Å². The number of nitrogens with zero attached hydrogens (tertiary/aromatic N) is 2. The number of hydrogen-bond acceptors (Lipinski definition) is 2. The van der Waals surface area contributed by atoms with Crippen LogP contribution < -0.4 is 0 Å². The summed E-state index contributed by atoms with van der Waals surface area (Å²) < 4.78 is 1.77. The fraction of sp³-hybridized carbons (Fsp3) is 0.600. The third kappa shape index (κ3) is 1.64. The van der Waals surface area contributed by atoms with E-state index in [2.05, 4.69) is 5.10 Å². The van der Waals surface area contributed by atoms with Gasteiger partial charge in [0.25, 0.3) is 0 Å². The molecule has 0 amide bonds. The van der Waals surface area contributed by atoms with Gasteiger partial charge in [0.05, 0.1) is 6.20 Å². The van der Waals surface area contributed by atoms with Crippen LogP contribution in [0.4, 0.5) is 0 Å². The Morgan fingerprint density at radius 2 is 2.15 bits per heavy atom. The number of carbonyl (C=O) groups is 1. The second-order valence-corrected chi connectivity index (χ2v) is 3.39. The second kappa shape index (κ2) is 3.73. The molecule has 1 aromatic rings. The minimum absolute atomic E-state index is 0.436. The van der Waals surface area contributed by atoms with Crippen molar-refractivity contribution in [3.05, 3.63) is 18.0 Å². The van der Waals surface area contributed by atoms with E-state index in [0.29, 0.717) is 0 Å². The highest BCUT2D eigenvalue weighted by Crippen LogP contribution is 2.21. The van der Waals surface area contributed by atoms with Gasteiger partial charge in [-0.3, -0.25) is 4.68 Å². The molecule has 72 valence electrons. The van der Waals surface area contributed by atoms with Gasteiger partial charge in [0.15, 0.2) is 0 Å². The summed E-state index contributed by atoms with van der Waals surface area (Å²) in [5.41, 5.74) is 0.655. The van der Waals surface area contributed by atoms with Crippen LogP contribution in [0.5, 0.6) is 0 Å². The monoisotopic (exact) mass is 180 g/mol. The van der Waals surface area contributed by atoms with Crippen molar-refractivity contribution in [1.29, 1.82) is 0 Å². The molecule has 0 saturated heterocycles. The second-order valence-electron chi connectivity index (χ2n) is 3.39. The van der Waals surface area contributed by atoms with E-state index >= 15 is 0 Å². The van der Waals surface area contributed by atoms with Crippen molar-refractivity contribution in [2.75, 3.05) is 0 Å². The number of aryl methyl sites for hydroxylation is 1. The Morgan fingerprint density at radius 1 is 1.54 bits per heavy atom. The number of carbonyl (C=O) groups excluding carboxylic acids is 1. The molecule has 0 unspecified atom stereocenters. The zero-order valence-corrected chi connectivity index (χ0v) is 8.45. The molecule has 3 nitrogen and oxygen atoms in total. The molecule has 0 saturated carbocycles. The molecule has 1 aromatic heterocycles. The van der Waals surface area contributed by atoms with E-state index in [1.54, 1.807) is 10.9 Å². The first kappa shape index (κ1) is 9.96. The Kier molecular flexibility index (Phi) is 2.86. The van der Waals surface area contributed by atoms with Crippen molar-refractivity contribution < 1.29 is 4.79 Å². The molecule has 0 aliphatic carbocycles. The lowest BCUT2D eigenvalue weighted by molar-refractivity contribution is -0.116. The van der Waals surface area contributed by atoms with Gasteiger partial charge < -0.3 is 4.79 Å². The lowest BCUT2D eigenvalue weighted by atomic mass is 9.95. The summed E-state index contributed by atoms with van der Waals surface area (Å²) >= 11 is 0. The van der Waals surface area contributed by atoms with E-state index in [0.717, 1.165) is 24.7 Å². The zero-order valence-electron chi connectivity index (χ0n) is 8.45. The summed E-state index contributed by atoms with van der Waals surface area (Å²) in [6, 6.07) is 0. The fourth-order valence-corrected chi connectivity index (χ4v) is 1.45. The largest absolute Gasteiger partial charge is 0.301 e. The van der Waals surface area contributed by atoms with Crippen LogP contribution in [0.1, 0.15) is 32.3 Å². The van der Waals surface area contributed by atoms with Crippen LogP contribution in [0, 0.1) is 6.92 Å². The van der Waals surface area contributed by atoms with Gasteiger partial charge in [-0.25, -0.2) is 0 Å². The van der Waals surface area contributed by atoms with Crippen LogP contribution in [-0.4, -0.2) is 16.1 Å². The molecule has 1 rings (SSSR count). The van der Waals surface area contributed by atoms with Crippen molar-refractivity contribution in [2.24, 2.45) is 0 Å². The molecular formula is C10H16N2O. The number of hydrogen-bond donors (Lipinski definition) is 0. The standard InChI is InChI=1S/C10H16N2O/c1-4-10(5-2,8-13)12-7-9(3)6-11-12/h6-8H,4-5H2,1-3H3. The molecule has 0 N–H and O–H groups in total. The summed E-state index contributed by atoms with van der Waals surface area (Å²) in [5.74, 6) is 0. The maximum atomic E-state index is 11.0. The van der Waals surface area contributed by atoms with E-state index in [4.69, 9.17) is 0 Å². The van der Waals surface area contributed by atoms with Gasteiger partial charge >= 0.3 is 0 Å². The number of aromatic nitrogens is 2. The Hall–Kier alpha value is -1.12. The Labute approximate surface area is 78.8 Å². The first-order valence-electron chi connectivity index (χ1n) is 4.66. The van der Waals surface area contributed by atoms with Crippen LogP contribution >= 0.6 is 0 Å². The van der Waals surface area contributed by atoms with Gasteiger partial charge in [-0.2, -0.15) is 5.10 Å². The van der Waals surface area contributed by atoms with E-state index in [9.17, 15) is 4.79 Å². The Balaban J connectivity index is 3.07. The third-order valence-corrected chi connectivity index (χ3v) is 2.61. The van der Waals surface area contributed by atoms with E-state index in [-0.39, 0.29) is 0 Å². The van der Waals surface area contributed by atoms with Crippen molar-refractivity contribution >= 4 is 6.29 Å². The summed E-state index contributed by atoms with van der Waals surface area (Å²) in [4.78, 5) is 11.0. The van der Waals surface area contributed by atoms with Gasteiger partial charge in [-0.1, -0.05) is 13.8 Å². The van der Waals surface area contributed by atoms with E-state index in [1.165, 1.54) is 0 Å². The van der Waals surface area contributed by atoms with Crippen LogP contribution in [0.15, 0.2) is 12.4 Å². The first-order valence-corrected chi connectivity index (χ1v) is 4.66. The topological polar surface area (TPSA) is 34.9 Å². The lowest BCUT2D eigenvalue weighted by Gasteiger charge is -2.25.